The van der Waals surface area contributed by atoms with Crippen LogP contribution in [0.5, 0.6) is 11.5 Å². The van der Waals surface area contributed by atoms with E-state index in [2.05, 4.69) is 17.1 Å². The summed E-state index contributed by atoms with van der Waals surface area (Å²) in [4.78, 5) is 2.54. The average molecular weight is 315 g/mol. The number of hydrogen-bond donors (Lipinski definition) is 1. The van der Waals surface area contributed by atoms with Gasteiger partial charge in [0.15, 0.2) is 11.5 Å². The molecule has 2 rings (SSSR count). The second-order valence-corrected chi connectivity index (χ2v) is 5.18. The van der Waals surface area contributed by atoms with Crippen LogP contribution < -0.4 is 14.8 Å². The zero-order valence-electron chi connectivity index (χ0n) is 13.0. The van der Waals surface area contributed by atoms with Gasteiger partial charge in [0.2, 0.25) is 0 Å². The molecule has 0 bridgehead atoms. The minimum Gasteiger partial charge on any atom is -0.493 e. The number of nitrogens with zero attached hydrogens (tertiary/aromatic N) is 1. The molecule has 1 unspecified atom stereocenters. The molecule has 1 aromatic rings. The molecule has 0 saturated carbocycles. The Kier molecular flexibility index (Phi) is 8.50. The highest BCUT2D eigenvalue weighted by Crippen LogP contribution is 2.25. The maximum atomic E-state index is 5.88. The zero-order valence-corrected chi connectivity index (χ0v) is 13.8. The van der Waals surface area contributed by atoms with E-state index in [1.54, 1.807) is 7.11 Å². The molecular weight excluding hydrogens is 288 g/mol. The predicted octanol–water partition coefficient (Wildman–Crippen LogP) is 2.57. The fraction of sp³-hybridized carbons (Fsp3) is 0.625. The molecule has 1 saturated heterocycles. The maximum Gasteiger partial charge on any atom is 0.161 e. The Morgan fingerprint density at radius 1 is 1.24 bits per heavy atom. The molecule has 1 aliphatic rings. The lowest BCUT2D eigenvalue weighted by atomic mass is 10.2. The quantitative estimate of drug-likeness (QED) is 0.799. The van der Waals surface area contributed by atoms with Crippen molar-refractivity contribution in [2.24, 2.45) is 0 Å². The van der Waals surface area contributed by atoms with Crippen molar-refractivity contribution < 1.29 is 9.47 Å². The van der Waals surface area contributed by atoms with Gasteiger partial charge in [-0.2, -0.15) is 0 Å². The maximum absolute atomic E-state index is 5.88. The molecule has 1 heterocycles. The second-order valence-electron chi connectivity index (χ2n) is 5.18. The van der Waals surface area contributed by atoms with Crippen molar-refractivity contribution >= 4 is 12.4 Å². The van der Waals surface area contributed by atoms with Crippen molar-refractivity contribution in [3.05, 3.63) is 24.3 Å². The lowest BCUT2D eigenvalue weighted by Gasteiger charge is -2.27. The van der Waals surface area contributed by atoms with Gasteiger partial charge in [-0.1, -0.05) is 19.1 Å². The van der Waals surface area contributed by atoms with Crippen LogP contribution in [0, 0.1) is 0 Å². The number of rotatable bonds is 8. The Morgan fingerprint density at radius 2 is 2.00 bits per heavy atom. The van der Waals surface area contributed by atoms with Crippen LogP contribution in [0.4, 0.5) is 0 Å². The molecule has 21 heavy (non-hydrogen) atoms. The van der Waals surface area contributed by atoms with Crippen LogP contribution >= 0.6 is 12.4 Å². The number of methoxy groups -OCH3 is 1. The van der Waals surface area contributed by atoms with E-state index in [0.717, 1.165) is 37.7 Å². The Morgan fingerprint density at radius 3 is 2.62 bits per heavy atom. The smallest absolute Gasteiger partial charge is 0.161 e. The van der Waals surface area contributed by atoms with E-state index in [1.165, 1.54) is 12.8 Å². The van der Waals surface area contributed by atoms with E-state index in [4.69, 9.17) is 9.47 Å². The van der Waals surface area contributed by atoms with Crippen molar-refractivity contribution in [3.8, 4) is 11.5 Å². The number of hydrogen-bond acceptors (Lipinski definition) is 4. The topological polar surface area (TPSA) is 33.7 Å². The SMILES string of the molecule is CCCN(CCOc1ccccc1OC)C1CCNC1.Cl. The molecule has 0 spiro atoms. The second kappa shape index (κ2) is 9.87. The van der Waals surface area contributed by atoms with Crippen LogP contribution in [0.3, 0.4) is 0 Å². The van der Waals surface area contributed by atoms with Gasteiger partial charge in [0, 0.05) is 19.1 Å². The van der Waals surface area contributed by atoms with Crippen LogP contribution in [0.2, 0.25) is 0 Å². The number of benzene rings is 1. The van der Waals surface area contributed by atoms with Crippen molar-refractivity contribution in [2.45, 2.75) is 25.8 Å². The van der Waals surface area contributed by atoms with E-state index in [1.807, 2.05) is 24.3 Å². The normalized spacial score (nSPS) is 17.6. The highest BCUT2D eigenvalue weighted by molar-refractivity contribution is 5.85. The monoisotopic (exact) mass is 314 g/mol. The number of halogens is 1. The van der Waals surface area contributed by atoms with Gasteiger partial charge < -0.3 is 14.8 Å². The van der Waals surface area contributed by atoms with Gasteiger partial charge >= 0.3 is 0 Å². The third kappa shape index (κ3) is 5.38. The highest BCUT2D eigenvalue weighted by atomic mass is 35.5. The van der Waals surface area contributed by atoms with E-state index < -0.39 is 0 Å². The van der Waals surface area contributed by atoms with Crippen molar-refractivity contribution in [2.75, 3.05) is 39.9 Å². The first-order valence-corrected chi connectivity index (χ1v) is 7.55. The number of nitrogens with one attached hydrogen (secondary N) is 1. The number of para-hydroxylation sites is 2. The lowest BCUT2D eigenvalue weighted by molar-refractivity contribution is 0.165. The Hall–Kier alpha value is -0.970. The Labute approximate surface area is 134 Å². The summed E-state index contributed by atoms with van der Waals surface area (Å²) in [5, 5.41) is 3.44. The predicted molar refractivity (Wildman–Crippen MR) is 88.9 cm³/mol. The molecule has 1 aliphatic heterocycles. The van der Waals surface area contributed by atoms with Gasteiger partial charge in [-0.25, -0.2) is 0 Å². The summed E-state index contributed by atoms with van der Waals surface area (Å²) in [7, 11) is 1.68. The van der Waals surface area contributed by atoms with Crippen LogP contribution in [-0.2, 0) is 0 Å². The third-order valence-corrected chi connectivity index (χ3v) is 3.77. The first-order chi connectivity index (χ1) is 9.85. The average Bonchev–Trinajstić information content (AvgIpc) is 3.01. The fourth-order valence-electron chi connectivity index (χ4n) is 2.73. The van der Waals surface area contributed by atoms with Crippen LogP contribution in [0.25, 0.3) is 0 Å². The molecule has 120 valence electrons. The molecule has 5 heteroatoms. The van der Waals surface area contributed by atoms with Gasteiger partial charge in [0.1, 0.15) is 6.61 Å². The largest absolute Gasteiger partial charge is 0.493 e. The zero-order chi connectivity index (χ0) is 14.2. The van der Waals surface area contributed by atoms with Gasteiger partial charge in [-0.3, -0.25) is 4.90 Å². The summed E-state index contributed by atoms with van der Waals surface area (Å²) in [6.07, 6.45) is 2.43. The number of ether oxygens (including phenoxy) is 2. The molecule has 0 aliphatic carbocycles. The molecule has 0 radical (unpaired) electrons. The van der Waals surface area contributed by atoms with Crippen LogP contribution in [-0.4, -0.2) is 50.8 Å². The van der Waals surface area contributed by atoms with Crippen LogP contribution in [0.1, 0.15) is 19.8 Å². The standard InChI is InChI=1S/C16H26N2O2.ClH/c1-3-10-18(14-8-9-17-13-14)11-12-20-16-7-5-4-6-15(16)19-2;/h4-7,14,17H,3,8-13H2,1-2H3;1H. The van der Waals surface area contributed by atoms with E-state index in [0.29, 0.717) is 12.6 Å². The molecule has 1 N–H and O–H groups in total. The summed E-state index contributed by atoms with van der Waals surface area (Å²) < 4.78 is 11.2. The molecule has 1 atom stereocenters. The van der Waals surface area contributed by atoms with E-state index >= 15 is 0 Å². The molecule has 1 aromatic carbocycles. The Balaban J connectivity index is 0.00000220. The third-order valence-electron chi connectivity index (χ3n) is 3.77. The summed E-state index contributed by atoms with van der Waals surface area (Å²) in [5.74, 6) is 1.63. The summed E-state index contributed by atoms with van der Waals surface area (Å²) in [5.41, 5.74) is 0. The lowest BCUT2D eigenvalue weighted by Crippen LogP contribution is -2.40. The van der Waals surface area contributed by atoms with Gasteiger partial charge in [-0.15, -0.1) is 12.4 Å². The molecule has 0 aromatic heterocycles. The van der Waals surface area contributed by atoms with Gasteiger partial charge in [0.25, 0.3) is 0 Å². The fourth-order valence-corrected chi connectivity index (χ4v) is 2.73. The summed E-state index contributed by atoms with van der Waals surface area (Å²) >= 11 is 0. The van der Waals surface area contributed by atoms with Crippen LogP contribution in [0.15, 0.2) is 24.3 Å². The van der Waals surface area contributed by atoms with E-state index in [-0.39, 0.29) is 12.4 Å². The van der Waals surface area contributed by atoms with Gasteiger partial charge in [-0.05, 0) is 38.1 Å². The summed E-state index contributed by atoms with van der Waals surface area (Å²) in [6.45, 7) is 7.29. The van der Waals surface area contributed by atoms with Gasteiger partial charge in [0.05, 0.1) is 7.11 Å². The first-order valence-electron chi connectivity index (χ1n) is 7.55. The van der Waals surface area contributed by atoms with Crippen molar-refractivity contribution in [1.29, 1.82) is 0 Å². The van der Waals surface area contributed by atoms with Crippen molar-refractivity contribution in [1.82, 2.24) is 10.2 Å². The Bertz CT molecular complexity index is 398. The first kappa shape index (κ1) is 18.1. The summed E-state index contributed by atoms with van der Waals surface area (Å²) in [6, 6.07) is 8.48. The molecule has 4 nitrogen and oxygen atoms in total. The minimum atomic E-state index is 0. The van der Waals surface area contributed by atoms with E-state index in [9.17, 15) is 0 Å². The molecular formula is C16H27ClN2O2. The molecule has 0 amide bonds. The molecule has 1 fully saturated rings. The highest BCUT2D eigenvalue weighted by Gasteiger charge is 2.21. The minimum absolute atomic E-state index is 0. The van der Waals surface area contributed by atoms with Crippen molar-refractivity contribution in [3.63, 3.8) is 0 Å².